The molecule has 0 fully saturated rings. The lowest BCUT2D eigenvalue weighted by atomic mass is 10.3. The average Bonchev–Trinajstić information content (AvgIpc) is 1.58. The molecule has 0 rings (SSSR count). The van der Waals surface area contributed by atoms with Crippen LogP contribution in [0.15, 0.2) is 11.8 Å². The van der Waals surface area contributed by atoms with Crippen LogP contribution in [-0.4, -0.2) is 24.9 Å². The molecule has 0 aromatic rings. The van der Waals surface area contributed by atoms with Gasteiger partial charge in [0.1, 0.15) is 0 Å². The Bertz CT molecular complexity index is 150. The van der Waals surface area contributed by atoms with Gasteiger partial charge in [-0.3, -0.25) is 4.79 Å². The Morgan fingerprint density at radius 2 is 1.90 bits per heavy atom. The highest BCUT2D eigenvalue weighted by atomic mass is 16.1. The first-order valence-electron chi connectivity index (χ1n) is 3.15. The Hall–Kier alpha value is -0.830. The van der Waals surface area contributed by atoms with Crippen LogP contribution in [0.1, 0.15) is 13.8 Å². The van der Waals surface area contributed by atoms with E-state index >= 15 is 0 Å². The number of allylic oxidation sites excluding steroid dienone is 2. The van der Waals surface area contributed by atoms with Crippen LogP contribution in [-0.2, 0) is 4.79 Å². The van der Waals surface area contributed by atoms with Crippen LogP contribution in [0.2, 0.25) is 0 Å². The summed E-state index contributed by atoms with van der Waals surface area (Å²) in [4.78, 5) is 10.5. The van der Waals surface area contributed by atoms with Gasteiger partial charge >= 0.3 is 0 Å². The molecule has 0 amide bonds. The lowest BCUT2D eigenvalue weighted by molar-refractivity contribution is -0.112. The van der Waals surface area contributed by atoms with Gasteiger partial charge in [0.05, 0.1) is 0 Å². The Balaban J connectivity index is 3.83. The van der Waals surface area contributed by atoms with Gasteiger partial charge in [0, 0.05) is 25.9 Å². The van der Waals surface area contributed by atoms with E-state index in [4.69, 9.17) is 0 Å². The van der Waals surface area contributed by atoms with Crippen LogP contribution in [0.3, 0.4) is 0 Å². The van der Waals surface area contributed by atoms with Gasteiger partial charge in [-0.2, -0.15) is 0 Å². The Kier molecular flexibility index (Phi) is 3.72. The van der Waals surface area contributed by atoms with Crippen molar-refractivity contribution in [2.24, 2.45) is 0 Å². The van der Waals surface area contributed by atoms with E-state index in [1.165, 1.54) is 6.92 Å². The minimum Gasteiger partial charge on any atom is -0.324 e. The molecule has 0 aromatic heterocycles. The third-order valence-corrected chi connectivity index (χ3v) is 0.820. The van der Waals surface area contributed by atoms with Gasteiger partial charge < -0.3 is 5.43 Å². The van der Waals surface area contributed by atoms with E-state index in [-0.39, 0.29) is 5.78 Å². The lowest BCUT2D eigenvalue weighted by Crippen LogP contribution is -2.28. The number of hydrogen-bond donors (Lipinski definition) is 1. The second-order valence-electron chi connectivity index (χ2n) is 2.44. The second-order valence-corrected chi connectivity index (χ2v) is 2.44. The number of rotatable bonds is 3. The number of carbonyl (C=O) groups is 1. The van der Waals surface area contributed by atoms with Gasteiger partial charge in [-0.25, -0.2) is 5.01 Å². The fraction of sp³-hybridized carbons (Fsp3) is 0.571. The van der Waals surface area contributed by atoms with Crippen LogP contribution in [0.5, 0.6) is 0 Å². The number of ketones is 1. The molecule has 3 nitrogen and oxygen atoms in total. The van der Waals surface area contributed by atoms with E-state index in [1.54, 1.807) is 11.1 Å². The van der Waals surface area contributed by atoms with Gasteiger partial charge in [0.2, 0.25) is 0 Å². The number of hydrazine groups is 1. The minimum absolute atomic E-state index is 0.0619. The zero-order chi connectivity index (χ0) is 8.15. The maximum Gasteiger partial charge on any atom is 0.154 e. The van der Waals surface area contributed by atoms with Crippen LogP contribution in [0.25, 0.3) is 0 Å². The van der Waals surface area contributed by atoms with Gasteiger partial charge in [-0.15, -0.1) is 0 Å². The molecule has 0 spiro atoms. The summed E-state index contributed by atoms with van der Waals surface area (Å²) in [5, 5.41) is 1.79. The van der Waals surface area contributed by atoms with E-state index < -0.39 is 0 Å². The largest absolute Gasteiger partial charge is 0.324 e. The van der Waals surface area contributed by atoms with E-state index in [9.17, 15) is 4.79 Å². The normalized spacial score (nSPS) is 11.9. The zero-order valence-electron chi connectivity index (χ0n) is 6.93. The molecule has 0 aliphatic rings. The highest BCUT2D eigenvalue weighted by Crippen LogP contribution is 1.86. The van der Waals surface area contributed by atoms with Crippen molar-refractivity contribution in [1.29, 1.82) is 0 Å². The van der Waals surface area contributed by atoms with E-state index in [0.29, 0.717) is 0 Å². The molecule has 3 heteroatoms. The number of carbonyl (C=O) groups excluding carboxylic acids is 1. The summed E-state index contributed by atoms with van der Waals surface area (Å²) in [6.07, 6.45) is 1.56. The van der Waals surface area contributed by atoms with Crippen molar-refractivity contribution in [3.8, 4) is 0 Å². The topological polar surface area (TPSA) is 32.3 Å². The molecule has 0 saturated carbocycles. The van der Waals surface area contributed by atoms with Crippen LogP contribution < -0.4 is 5.43 Å². The van der Waals surface area contributed by atoms with Crippen LogP contribution in [0.4, 0.5) is 0 Å². The zero-order valence-corrected chi connectivity index (χ0v) is 6.93. The van der Waals surface area contributed by atoms with Crippen LogP contribution in [0, 0.1) is 0 Å². The quantitative estimate of drug-likeness (QED) is 0.461. The smallest absolute Gasteiger partial charge is 0.154 e. The highest BCUT2D eigenvalue weighted by molar-refractivity contribution is 5.87. The fourth-order valence-corrected chi connectivity index (χ4v) is 0.690. The maximum absolute atomic E-state index is 10.5. The van der Waals surface area contributed by atoms with Crippen molar-refractivity contribution in [3.05, 3.63) is 11.8 Å². The lowest BCUT2D eigenvalue weighted by Gasteiger charge is -2.12. The Morgan fingerprint density at radius 3 is 2.20 bits per heavy atom. The van der Waals surface area contributed by atoms with Gasteiger partial charge in [0.25, 0.3) is 0 Å². The summed E-state index contributed by atoms with van der Waals surface area (Å²) in [5.74, 6) is 0.0619. The van der Waals surface area contributed by atoms with Gasteiger partial charge in [-0.1, -0.05) is 0 Å². The minimum atomic E-state index is 0.0619. The summed E-state index contributed by atoms with van der Waals surface area (Å²) in [6.45, 7) is 3.38. The summed E-state index contributed by atoms with van der Waals surface area (Å²) >= 11 is 0. The van der Waals surface area contributed by atoms with Crippen LogP contribution >= 0.6 is 0 Å². The summed E-state index contributed by atoms with van der Waals surface area (Å²) in [5.41, 5.74) is 3.81. The van der Waals surface area contributed by atoms with Crippen molar-refractivity contribution in [2.75, 3.05) is 14.1 Å². The van der Waals surface area contributed by atoms with E-state index in [0.717, 1.165) is 5.70 Å². The maximum atomic E-state index is 10.5. The van der Waals surface area contributed by atoms with Gasteiger partial charge in [0.15, 0.2) is 5.78 Å². The standard InChI is InChI=1S/C7H14N2O/c1-6(5-7(2)10)8-9(3)4/h5,8H,1-4H3. The molecule has 0 heterocycles. The average molecular weight is 142 g/mol. The Morgan fingerprint density at radius 1 is 1.40 bits per heavy atom. The third-order valence-electron chi connectivity index (χ3n) is 0.820. The molecule has 1 N–H and O–H groups in total. The number of hydrogen-bond acceptors (Lipinski definition) is 3. The molecule has 10 heavy (non-hydrogen) atoms. The first-order valence-corrected chi connectivity index (χ1v) is 3.15. The van der Waals surface area contributed by atoms with Crippen molar-refractivity contribution >= 4 is 5.78 Å². The molecule has 0 aliphatic heterocycles. The molecule has 0 aliphatic carbocycles. The predicted octanol–water partition coefficient (Wildman–Crippen LogP) is 0.545. The molecule has 58 valence electrons. The second kappa shape index (κ2) is 4.06. The van der Waals surface area contributed by atoms with Gasteiger partial charge in [-0.05, 0) is 13.8 Å². The molecule has 0 radical (unpaired) electrons. The predicted molar refractivity (Wildman–Crippen MR) is 41.3 cm³/mol. The number of nitrogens with one attached hydrogen (secondary N) is 1. The third kappa shape index (κ3) is 5.31. The molecule has 0 atom stereocenters. The number of nitrogens with zero attached hydrogens (tertiary/aromatic N) is 1. The fourth-order valence-electron chi connectivity index (χ4n) is 0.690. The monoisotopic (exact) mass is 142 g/mol. The van der Waals surface area contributed by atoms with E-state index in [1.807, 2.05) is 21.0 Å². The molecular weight excluding hydrogens is 128 g/mol. The van der Waals surface area contributed by atoms with Crippen molar-refractivity contribution in [2.45, 2.75) is 13.8 Å². The summed E-state index contributed by atoms with van der Waals surface area (Å²) < 4.78 is 0. The van der Waals surface area contributed by atoms with E-state index in [2.05, 4.69) is 5.43 Å². The summed E-state index contributed by atoms with van der Waals surface area (Å²) in [6, 6.07) is 0. The first-order chi connectivity index (χ1) is 4.52. The molecule has 0 aromatic carbocycles. The molecular formula is C7H14N2O. The Labute approximate surface area is 61.7 Å². The summed E-state index contributed by atoms with van der Waals surface area (Å²) in [7, 11) is 3.74. The molecule has 0 saturated heterocycles. The highest BCUT2D eigenvalue weighted by Gasteiger charge is 1.90. The van der Waals surface area contributed by atoms with Crippen molar-refractivity contribution in [1.82, 2.24) is 10.4 Å². The van der Waals surface area contributed by atoms with Crippen molar-refractivity contribution < 1.29 is 4.79 Å². The SMILES string of the molecule is CC(=O)C=C(C)NN(C)C. The molecule has 0 bridgehead atoms. The first kappa shape index (κ1) is 9.17. The van der Waals surface area contributed by atoms with Crippen molar-refractivity contribution in [3.63, 3.8) is 0 Å². The molecule has 0 unspecified atom stereocenters.